The number of likely N-dealkylation sites (tertiary alicyclic amines) is 1. The molecule has 3 aromatic rings. The molecule has 1 unspecified atom stereocenters. The van der Waals surface area contributed by atoms with Crippen molar-refractivity contribution in [2.45, 2.75) is 115 Å². The quantitative estimate of drug-likeness (QED) is 0.124. The number of amides is 2. The van der Waals surface area contributed by atoms with Crippen molar-refractivity contribution in [1.29, 1.82) is 0 Å². The number of nitrogens with one attached hydrogen (secondary N) is 1. The van der Waals surface area contributed by atoms with Crippen LogP contribution in [0.2, 0.25) is 5.15 Å². The van der Waals surface area contributed by atoms with Gasteiger partial charge in [0.25, 0.3) is 15.9 Å². The molecule has 20 heteroatoms. The Kier molecular flexibility index (Phi) is 13.6. The number of rotatable bonds is 15. The molecule has 320 valence electrons. The van der Waals surface area contributed by atoms with E-state index in [4.69, 9.17) is 30.5 Å². The monoisotopic (exact) mass is 857 g/mol. The van der Waals surface area contributed by atoms with Crippen LogP contribution >= 0.6 is 11.6 Å². The number of carbonyl (C=O) groups is 2. The molecule has 2 fully saturated rings. The summed E-state index contributed by atoms with van der Waals surface area (Å²) in [7, 11) is -4.51. The predicted octanol–water partition coefficient (Wildman–Crippen LogP) is 6.93. The van der Waals surface area contributed by atoms with Gasteiger partial charge in [0.2, 0.25) is 5.88 Å². The summed E-state index contributed by atoms with van der Waals surface area (Å²) in [6.45, 7) is 14.7. The topological polar surface area (TPSA) is 167 Å². The standard InChI is InChI=1S/C38H51ClF3N7O8S/c1-35(2,3)57-34(51)48-22-25(21-36(48,4)5)11-9-18-47(23-26-24-55-37(6,7)56-26)28-12-8-13-31(43-28)58(52,53)46-33(50)27-14-15-29(44-32(27)39)49-19-16-30(45-49)54-20-10-17-38(40,41)42/h8,12-16,19,25-26H,9-11,17-18,20-24H2,1-7H3,(H,46,50)/t25-,26?/m0/s1. The zero-order valence-corrected chi connectivity index (χ0v) is 35.2. The third-order valence-electron chi connectivity index (χ3n) is 9.37. The molecule has 0 saturated carbocycles. The summed E-state index contributed by atoms with van der Waals surface area (Å²) in [5, 5.41) is 3.37. The molecule has 2 saturated heterocycles. The second-order valence-corrected chi connectivity index (χ2v) is 18.4. The SMILES string of the molecule is CC(C)(C)OC(=O)N1C[C@@H](CCCN(CC2COC(C)(C)O2)c2cccc(S(=O)(=O)NC(=O)c3ccc(-n4ccc(OCCCC(F)(F)F)n4)nc3Cl)n2)CC1(C)C. The van der Waals surface area contributed by atoms with Crippen molar-refractivity contribution >= 4 is 39.4 Å². The van der Waals surface area contributed by atoms with E-state index in [0.29, 0.717) is 38.5 Å². The van der Waals surface area contributed by atoms with Crippen LogP contribution in [0.4, 0.5) is 23.8 Å². The second kappa shape index (κ2) is 17.6. The van der Waals surface area contributed by atoms with Gasteiger partial charge in [0, 0.05) is 43.9 Å². The molecular weight excluding hydrogens is 807 g/mol. The highest BCUT2D eigenvalue weighted by Gasteiger charge is 2.43. The van der Waals surface area contributed by atoms with Crippen LogP contribution in [0.5, 0.6) is 5.88 Å². The lowest BCUT2D eigenvalue weighted by Crippen LogP contribution is -2.45. The van der Waals surface area contributed by atoms with E-state index in [2.05, 4.69) is 15.1 Å². The van der Waals surface area contributed by atoms with Gasteiger partial charge in [-0.3, -0.25) is 4.79 Å². The first-order valence-electron chi connectivity index (χ1n) is 18.9. The fourth-order valence-electron chi connectivity index (χ4n) is 6.83. The summed E-state index contributed by atoms with van der Waals surface area (Å²) < 4.78 is 90.4. The molecule has 0 bridgehead atoms. The van der Waals surface area contributed by atoms with Gasteiger partial charge in [0.1, 0.15) is 22.7 Å². The Hall–Kier alpha value is -4.20. The average molecular weight is 858 g/mol. The van der Waals surface area contributed by atoms with Crippen molar-refractivity contribution in [2.24, 2.45) is 5.92 Å². The number of halogens is 4. The highest BCUT2D eigenvalue weighted by molar-refractivity contribution is 7.90. The summed E-state index contributed by atoms with van der Waals surface area (Å²) >= 11 is 6.31. The minimum Gasteiger partial charge on any atom is -0.477 e. The number of hydrogen-bond donors (Lipinski definition) is 1. The molecule has 5 heterocycles. The number of anilines is 1. The smallest absolute Gasteiger partial charge is 0.410 e. The number of hydrogen-bond acceptors (Lipinski definition) is 12. The molecule has 58 heavy (non-hydrogen) atoms. The van der Waals surface area contributed by atoms with Crippen LogP contribution in [0.15, 0.2) is 47.6 Å². The van der Waals surface area contributed by atoms with Crippen LogP contribution in [-0.2, 0) is 24.2 Å². The van der Waals surface area contributed by atoms with Crippen molar-refractivity contribution < 1.29 is 50.1 Å². The number of carbonyl (C=O) groups excluding carboxylic acids is 2. The molecule has 15 nitrogen and oxygen atoms in total. The summed E-state index contributed by atoms with van der Waals surface area (Å²) in [5.41, 5.74) is -1.24. The van der Waals surface area contributed by atoms with Gasteiger partial charge in [-0.1, -0.05) is 17.7 Å². The summed E-state index contributed by atoms with van der Waals surface area (Å²) in [6.07, 6.45) is -2.47. The van der Waals surface area contributed by atoms with E-state index in [0.717, 1.165) is 12.8 Å². The molecule has 3 aromatic heterocycles. The molecule has 0 aliphatic carbocycles. The van der Waals surface area contributed by atoms with E-state index in [1.165, 1.54) is 41.2 Å². The van der Waals surface area contributed by atoms with Gasteiger partial charge in [-0.25, -0.2) is 24.2 Å². The average Bonchev–Trinajstić information content (AvgIpc) is 3.80. The lowest BCUT2D eigenvalue weighted by Gasteiger charge is -2.33. The van der Waals surface area contributed by atoms with Gasteiger partial charge in [-0.15, -0.1) is 5.10 Å². The van der Waals surface area contributed by atoms with Gasteiger partial charge < -0.3 is 28.7 Å². The van der Waals surface area contributed by atoms with Crippen LogP contribution in [-0.4, -0.2) is 107 Å². The lowest BCUT2D eigenvalue weighted by atomic mass is 9.93. The lowest BCUT2D eigenvalue weighted by molar-refractivity contribution is -0.137. The van der Waals surface area contributed by atoms with Crippen molar-refractivity contribution in [1.82, 2.24) is 29.4 Å². The van der Waals surface area contributed by atoms with Crippen LogP contribution in [0.25, 0.3) is 5.82 Å². The predicted molar refractivity (Wildman–Crippen MR) is 208 cm³/mol. The highest BCUT2D eigenvalue weighted by Crippen LogP contribution is 2.36. The maximum atomic E-state index is 13.6. The minimum absolute atomic E-state index is 0.0544. The summed E-state index contributed by atoms with van der Waals surface area (Å²) in [6, 6.07) is 8.53. The van der Waals surface area contributed by atoms with Gasteiger partial charge in [-0.05, 0) is 104 Å². The van der Waals surface area contributed by atoms with Crippen LogP contribution < -0.4 is 14.4 Å². The molecule has 2 aliphatic heterocycles. The van der Waals surface area contributed by atoms with E-state index < -0.39 is 44.9 Å². The Morgan fingerprint density at radius 1 is 1.07 bits per heavy atom. The van der Waals surface area contributed by atoms with Gasteiger partial charge in [0.05, 0.1) is 18.8 Å². The molecule has 0 aromatic carbocycles. The Bertz CT molecular complexity index is 2040. The maximum Gasteiger partial charge on any atom is 0.410 e. The molecule has 2 atom stereocenters. The van der Waals surface area contributed by atoms with E-state index in [1.54, 1.807) is 11.0 Å². The Morgan fingerprint density at radius 3 is 2.47 bits per heavy atom. The third kappa shape index (κ3) is 12.4. The van der Waals surface area contributed by atoms with Gasteiger partial charge in [-0.2, -0.15) is 21.6 Å². The molecule has 0 spiro atoms. The zero-order chi connectivity index (χ0) is 42.7. The van der Waals surface area contributed by atoms with E-state index in [9.17, 15) is 31.2 Å². The number of pyridine rings is 2. The van der Waals surface area contributed by atoms with Crippen molar-refractivity contribution in [3.63, 3.8) is 0 Å². The second-order valence-electron chi connectivity index (χ2n) is 16.5. The number of aromatic nitrogens is 4. The number of nitrogens with zero attached hydrogens (tertiary/aromatic N) is 6. The minimum atomic E-state index is -4.51. The molecule has 0 radical (unpaired) electrons. The van der Waals surface area contributed by atoms with E-state index in [-0.39, 0.29) is 59.1 Å². The molecule has 5 rings (SSSR count). The van der Waals surface area contributed by atoms with Crippen LogP contribution in [0, 0.1) is 5.92 Å². The normalized spacial score (nSPS) is 19.3. The molecule has 2 amide bonds. The van der Waals surface area contributed by atoms with E-state index in [1.807, 2.05) is 58.1 Å². The Morgan fingerprint density at radius 2 is 1.81 bits per heavy atom. The third-order valence-corrected chi connectivity index (χ3v) is 10.9. The number of sulfonamides is 1. The number of ether oxygens (including phenoxy) is 4. The summed E-state index contributed by atoms with van der Waals surface area (Å²) in [4.78, 5) is 38.5. The fraction of sp³-hybridized carbons (Fsp3) is 0.605. The summed E-state index contributed by atoms with van der Waals surface area (Å²) in [5.74, 6) is -1.08. The van der Waals surface area contributed by atoms with Crippen molar-refractivity contribution in [3.8, 4) is 11.7 Å². The maximum absolute atomic E-state index is 13.6. The number of alkyl halides is 3. The first-order chi connectivity index (χ1) is 26.9. The van der Waals surface area contributed by atoms with Gasteiger partial charge >= 0.3 is 12.3 Å². The molecule has 2 aliphatic rings. The van der Waals surface area contributed by atoms with Gasteiger partial charge in [0.15, 0.2) is 16.6 Å². The fourth-order valence-corrected chi connectivity index (χ4v) is 7.99. The Balaban J connectivity index is 1.25. The van der Waals surface area contributed by atoms with Crippen LogP contribution in [0.3, 0.4) is 0 Å². The van der Waals surface area contributed by atoms with Crippen molar-refractivity contribution in [3.05, 3.63) is 53.3 Å². The first-order valence-corrected chi connectivity index (χ1v) is 20.8. The molecule has 1 N–H and O–H groups in total. The Labute approximate surface area is 341 Å². The first kappa shape index (κ1) is 44.9. The van der Waals surface area contributed by atoms with E-state index >= 15 is 0 Å². The highest BCUT2D eigenvalue weighted by atomic mass is 35.5. The van der Waals surface area contributed by atoms with Crippen molar-refractivity contribution in [2.75, 3.05) is 37.7 Å². The van der Waals surface area contributed by atoms with Crippen LogP contribution in [0.1, 0.15) is 90.9 Å². The zero-order valence-electron chi connectivity index (χ0n) is 33.6. The molecular formula is C38H51ClF3N7O8S. The largest absolute Gasteiger partial charge is 0.477 e.